The minimum absolute atomic E-state index is 0.0409. The van der Waals surface area contributed by atoms with Gasteiger partial charge in [0.05, 0.1) is 5.68 Å². The highest BCUT2D eigenvalue weighted by Crippen LogP contribution is 2.25. The Kier molecular flexibility index (Phi) is 6.84. The fourth-order valence-corrected chi connectivity index (χ4v) is 3.05. The highest BCUT2D eigenvalue weighted by Gasteiger charge is 2.32. The Hall–Kier alpha value is -1.25. The Labute approximate surface area is 124 Å². The number of nitrogen functional groups attached to an aromatic ring is 1. The van der Waals surface area contributed by atoms with Gasteiger partial charge in [-0.05, 0) is 25.0 Å². The van der Waals surface area contributed by atoms with E-state index in [0.717, 1.165) is 42.4 Å². The molecule has 0 aliphatic rings. The van der Waals surface area contributed by atoms with Crippen LogP contribution in [0.4, 0.5) is 5.69 Å². The van der Waals surface area contributed by atoms with Crippen LogP contribution >= 0.6 is 0 Å². The summed E-state index contributed by atoms with van der Waals surface area (Å²) in [6, 6.07) is 6.08. The van der Waals surface area contributed by atoms with Gasteiger partial charge in [0.1, 0.15) is 0 Å². The van der Waals surface area contributed by atoms with E-state index in [0.29, 0.717) is 17.9 Å². The summed E-state index contributed by atoms with van der Waals surface area (Å²) in [5.41, 5.74) is 9.29. The van der Waals surface area contributed by atoms with Crippen LogP contribution in [-0.4, -0.2) is 12.4 Å². The van der Waals surface area contributed by atoms with E-state index in [1.807, 2.05) is 26.0 Å². The summed E-state index contributed by atoms with van der Waals surface area (Å²) in [6.07, 6.45) is 5.11. The highest BCUT2D eigenvalue weighted by molar-refractivity contribution is 7.00. The third-order valence-electron chi connectivity index (χ3n) is 4.14. The fourth-order valence-electron chi connectivity index (χ4n) is 3.05. The Bertz CT molecular complexity index is 439. The first-order valence-corrected chi connectivity index (χ1v) is 7.93. The number of carbonyl (C=O) groups excluding carboxylic acids is 1. The predicted octanol–water partition coefficient (Wildman–Crippen LogP) is 3.77. The third kappa shape index (κ3) is 4.12. The maximum Gasteiger partial charge on any atom is 0.259 e. The van der Waals surface area contributed by atoms with E-state index >= 15 is 0 Å². The normalized spacial score (nSPS) is 10.8. The van der Waals surface area contributed by atoms with Crippen molar-refractivity contribution in [3.63, 3.8) is 0 Å². The molecule has 0 unspecified atom stereocenters. The summed E-state index contributed by atoms with van der Waals surface area (Å²) in [5, 5.41) is 0. The van der Waals surface area contributed by atoms with Gasteiger partial charge in [0.25, 0.3) is 6.71 Å². The first-order valence-electron chi connectivity index (χ1n) is 7.93. The van der Waals surface area contributed by atoms with Crippen molar-refractivity contribution in [2.45, 2.75) is 65.6 Å². The molecule has 20 heavy (non-hydrogen) atoms. The van der Waals surface area contributed by atoms with Crippen LogP contribution in [0.25, 0.3) is 0 Å². The van der Waals surface area contributed by atoms with Crippen LogP contribution in [0.1, 0.15) is 58.4 Å². The number of rotatable bonds is 8. The van der Waals surface area contributed by atoms with E-state index in [2.05, 4.69) is 19.9 Å². The molecule has 0 aliphatic heterocycles. The minimum atomic E-state index is 0.0409. The Morgan fingerprint density at radius 3 is 2.25 bits per heavy atom. The molecule has 1 aromatic rings. The Balaban J connectivity index is 3.15. The van der Waals surface area contributed by atoms with Crippen molar-refractivity contribution in [3.8, 4) is 0 Å². The summed E-state index contributed by atoms with van der Waals surface area (Å²) >= 11 is 0. The molecule has 0 aromatic heterocycles. The lowest BCUT2D eigenvalue weighted by Gasteiger charge is -2.23. The number of carbonyl (C=O) groups is 1. The minimum Gasteiger partial charge on any atom is -0.399 e. The smallest absolute Gasteiger partial charge is 0.259 e. The molecule has 2 N–H and O–H groups in total. The van der Waals surface area contributed by atoms with Gasteiger partial charge in [0, 0.05) is 5.69 Å². The first-order chi connectivity index (χ1) is 9.54. The summed E-state index contributed by atoms with van der Waals surface area (Å²) in [4.78, 5) is 12.5. The Morgan fingerprint density at radius 2 is 1.80 bits per heavy atom. The van der Waals surface area contributed by atoms with Gasteiger partial charge < -0.3 is 10.5 Å². The van der Waals surface area contributed by atoms with Crippen molar-refractivity contribution in [2.75, 3.05) is 5.73 Å². The van der Waals surface area contributed by atoms with Crippen molar-refractivity contribution in [1.29, 1.82) is 0 Å². The molecule has 0 atom stereocenters. The molecule has 1 aromatic carbocycles. The van der Waals surface area contributed by atoms with Crippen LogP contribution in [0.3, 0.4) is 0 Å². The second-order valence-corrected chi connectivity index (χ2v) is 5.75. The zero-order valence-corrected chi connectivity index (χ0v) is 13.4. The number of nitrogens with two attached hydrogens (primary N) is 1. The maximum atomic E-state index is 12.5. The Morgan fingerprint density at radius 1 is 1.20 bits per heavy atom. The number of anilines is 1. The van der Waals surface area contributed by atoms with Gasteiger partial charge in [0.15, 0.2) is 0 Å². The standard InChI is InChI=1S/C17H28BNO/c1-5-8-14(9-6-2)18(17(20)7-3)15-10-11-16(19)13(4)12-15/h10-12,14H,5-9,19H2,1-4H3. The van der Waals surface area contributed by atoms with E-state index in [-0.39, 0.29) is 6.71 Å². The van der Waals surface area contributed by atoms with Crippen molar-refractivity contribution in [1.82, 2.24) is 0 Å². The number of hydrogen-bond donors (Lipinski definition) is 1. The van der Waals surface area contributed by atoms with Crippen LogP contribution in [0.15, 0.2) is 18.2 Å². The van der Waals surface area contributed by atoms with E-state index < -0.39 is 0 Å². The van der Waals surface area contributed by atoms with E-state index in [1.165, 1.54) is 0 Å². The van der Waals surface area contributed by atoms with Crippen LogP contribution in [0.2, 0.25) is 5.82 Å². The van der Waals surface area contributed by atoms with Crippen LogP contribution < -0.4 is 11.2 Å². The summed E-state index contributed by atoms with van der Waals surface area (Å²) in [5.74, 6) is 0.459. The van der Waals surface area contributed by atoms with Gasteiger partial charge in [-0.15, -0.1) is 0 Å². The van der Waals surface area contributed by atoms with Gasteiger partial charge >= 0.3 is 0 Å². The van der Waals surface area contributed by atoms with Gasteiger partial charge in [-0.3, -0.25) is 0 Å². The van der Waals surface area contributed by atoms with Crippen LogP contribution in [-0.2, 0) is 4.79 Å². The summed E-state index contributed by atoms with van der Waals surface area (Å²) in [6.45, 7) is 8.42. The molecule has 0 saturated carbocycles. The SMILES string of the molecule is CCCC(CCC)B(C(=O)CC)c1ccc(N)c(C)c1. The molecule has 2 nitrogen and oxygen atoms in total. The number of aryl methyl sites for hydroxylation is 1. The topological polar surface area (TPSA) is 43.1 Å². The molecule has 0 bridgehead atoms. The third-order valence-corrected chi connectivity index (χ3v) is 4.14. The quantitative estimate of drug-likeness (QED) is 0.578. The van der Waals surface area contributed by atoms with E-state index in [1.54, 1.807) is 0 Å². The molecule has 0 spiro atoms. The van der Waals surface area contributed by atoms with Crippen molar-refractivity contribution in [3.05, 3.63) is 23.8 Å². The molecular weight excluding hydrogens is 245 g/mol. The molecule has 3 heteroatoms. The molecule has 0 fully saturated rings. The van der Waals surface area contributed by atoms with Crippen molar-refractivity contribution < 1.29 is 4.79 Å². The number of hydrogen-bond acceptors (Lipinski definition) is 2. The van der Waals surface area contributed by atoms with E-state index in [4.69, 9.17) is 5.73 Å². The van der Waals surface area contributed by atoms with Crippen LogP contribution in [0.5, 0.6) is 0 Å². The second-order valence-electron chi connectivity index (χ2n) is 5.75. The predicted molar refractivity (Wildman–Crippen MR) is 89.8 cm³/mol. The fraction of sp³-hybridized carbons (Fsp3) is 0.588. The zero-order chi connectivity index (χ0) is 15.1. The van der Waals surface area contributed by atoms with Gasteiger partial charge in [0.2, 0.25) is 0 Å². The first kappa shape index (κ1) is 16.8. The van der Waals surface area contributed by atoms with Crippen molar-refractivity contribution in [2.24, 2.45) is 0 Å². The largest absolute Gasteiger partial charge is 0.399 e. The van der Waals surface area contributed by atoms with Gasteiger partial charge in [-0.25, -0.2) is 0 Å². The van der Waals surface area contributed by atoms with E-state index in [9.17, 15) is 4.79 Å². The monoisotopic (exact) mass is 273 g/mol. The van der Waals surface area contributed by atoms with Gasteiger partial charge in [-0.2, -0.15) is 0 Å². The maximum absolute atomic E-state index is 12.5. The molecule has 0 amide bonds. The van der Waals surface area contributed by atoms with Crippen LogP contribution in [0, 0.1) is 6.92 Å². The lowest BCUT2D eigenvalue weighted by atomic mass is 9.33. The lowest BCUT2D eigenvalue weighted by Crippen LogP contribution is -2.43. The average molecular weight is 273 g/mol. The highest BCUT2D eigenvalue weighted by atomic mass is 16.1. The molecular formula is C17H28BNO. The average Bonchev–Trinajstić information content (AvgIpc) is 2.43. The summed E-state index contributed by atoms with van der Waals surface area (Å²) in [7, 11) is 0. The van der Waals surface area contributed by atoms with Gasteiger partial charge in [-0.1, -0.05) is 69.9 Å². The molecule has 0 aliphatic carbocycles. The number of benzene rings is 1. The molecule has 0 radical (unpaired) electrons. The summed E-state index contributed by atoms with van der Waals surface area (Å²) < 4.78 is 0. The molecule has 110 valence electrons. The molecule has 0 saturated heterocycles. The van der Waals surface area contributed by atoms with Crippen molar-refractivity contribution >= 4 is 23.5 Å². The molecule has 0 heterocycles. The zero-order valence-electron chi connectivity index (χ0n) is 13.4. The molecule has 1 rings (SSSR count). The lowest BCUT2D eigenvalue weighted by molar-refractivity contribution is -0.112. The second kappa shape index (κ2) is 8.13.